The first-order valence-corrected chi connectivity index (χ1v) is 19.0. The Kier molecular flexibility index (Phi) is 10.5. The summed E-state index contributed by atoms with van der Waals surface area (Å²) in [7, 11) is 3.98. The summed E-state index contributed by atoms with van der Waals surface area (Å²) in [6.45, 7) is 8.65. The maximum atomic E-state index is 13.8. The van der Waals surface area contributed by atoms with Gasteiger partial charge in [0.2, 0.25) is 5.91 Å². The van der Waals surface area contributed by atoms with Crippen molar-refractivity contribution in [1.82, 2.24) is 15.2 Å². The van der Waals surface area contributed by atoms with Gasteiger partial charge in [0, 0.05) is 50.5 Å². The second-order valence-electron chi connectivity index (χ2n) is 16.4. The number of hydrogen-bond donors (Lipinski definition) is 4. The topological polar surface area (TPSA) is 149 Å². The average molecular weight is 730 g/mol. The van der Waals surface area contributed by atoms with Crippen molar-refractivity contribution in [3.05, 3.63) is 71.6 Å². The summed E-state index contributed by atoms with van der Waals surface area (Å²) in [5.41, 5.74) is 0.715. The number of esters is 1. The lowest BCUT2D eigenvalue weighted by atomic mass is 9.43. The van der Waals surface area contributed by atoms with Gasteiger partial charge in [0.25, 0.3) is 0 Å². The monoisotopic (exact) mass is 729 g/mol. The number of anilines is 2. The highest BCUT2D eigenvalue weighted by molar-refractivity contribution is 5.95. The van der Waals surface area contributed by atoms with Crippen LogP contribution in [-0.2, 0) is 23.8 Å². The van der Waals surface area contributed by atoms with Gasteiger partial charge in [-0.2, -0.15) is 0 Å². The van der Waals surface area contributed by atoms with Crippen LogP contribution in [0.2, 0.25) is 0 Å². The number of nitrogens with zero attached hydrogens (tertiary/aromatic N) is 3. The summed E-state index contributed by atoms with van der Waals surface area (Å²) < 4.78 is 18.0. The molecule has 4 fully saturated rings. The van der Waals surface area contributed by atoms with Crippen LogP contribution < -0.4 is 15.5 Å². The van der Waals surface area contributed by atoms with E-state index in [4.69, 9.17) is 14.2 Å². The average Bonchev–Trinajstić information content (AvgIpc) is 3.87. The van der Waals surface area contributed by atoms with Gasteiger partial charge in [-0.05, 0) is 91.8 Å². The number of aliphatic hydroxyl groups excluding tert-OH is 2. The minimum Gasteiger partial charge on any atom is -0.423 e. The molecule has 286 valence electrons. The first-order valence-electron chi connectivity index (χ1n) is 19.0. The molecule has 12 nitrogen and oxygen atoms in total. The van der Waals surface area contributed by atoms with Crippen LogP contribution in [0.5, 0.6) is 0 Å². The Balaban J connectivity index is 1.25. The van der Waals surface area contributed by atoms with Gasteiger partial charge in [-0.15, -0.1) is 0 Å². The van der Waals surface area contributed by atoms with Crippen molar-refractivity contribution in [3.8, 4) is 0 Å². The number of rotatable bonds is 11. The largest absolute Gasteiger partial charge is 0.423 e. The number of nitrogens with one attached hydrogen (secondary N) is 2. The number of pyridine rings is 1. The lowest BCUT2D eigenvalue weighted by molar-refractivity contribution is -0.184. The Morgan fingerprint density at radius 3 is 2.53 bits per heavy atom. The van der Waals surface area contributed by atoms with E-state index in [-0.39, 0.29) is 35.8 Å². The van der Waals surface area contributed by atoms with Crippen molar-refractivity contribution in [3.63, 3.8) is 0 Å². The first kappa shape index (κ1) is 37.5. The zero-order valence-electron chi connectivity index (χ0n) is 31.6. The van der Waals surface area contributed by atoms with Crippen LogP contribution in [-0.4, -0.2) is 115 Å². The highest BCUT2D eigenvalue weighted by Gasteiger charge is 2.71. The third-order valence-corrected chi connectivity index (χ3v) is 13.0. The lowest BCUT2D eigenvalue weighted by Gasteiger charge is -2.63. The second kappa shape index (κ2) is 14.8. The van der Waals surface area contributed by atoms with E-state index < -0.39 is 35.2 Å². The fraction of sp³-hybridized carbons (Fsp3) is 0.585. The van der Waals surface area contributed by atoms with E-state index in [0.29, 0.717) is 69.3 Å². The lowest BCUT2D eigenvalue weighted by Crippen LogP contribution is -2.68. The minimum absolute atomic E-state index is 0.0202. The predicted molar refractivity (Wildman–Crippen MR) is 202 cm³/mol. The van der Waals surface area contributed by atoms with E-state index in [1.807, 2.05) is 92.4 Å². The molecule has 1 spiro atoms. The number of cyclic esters (lactones) is 1. The molecule has 53 heavy (non-hydrogen) atoms. The molecule has 6 unspecified atom stereocenters. The third-order valence-electron chi connectivity index (χ3n) is 13.0. The van der Waals surface area contributed by atoms with Crippen molar-refractivity contribution in [2.24, 2.45) is 22.7 Å². The van der Waals surface area contributed by atoms with Crippen molar-refractivity contribution in [2.45, 2.75) is 76.3 Å². The molecule has 2 saturated heterocycles. The molecule has 0 bridgehead atoms. The molecule has 1 aromatic carbocycles. The normalized spacial score (nSPS) is 34.2. The molecule has 9 atom stereocenters. The molecule has 0 radical (unpaired) electrons. The molecule has 4 N–H and O–H groups in total. The number of allylic oxidation sites excluding steroid dienone is 1. The fourth-order valence-corrected chi connectivity index (χ4v) is 9.82. The van der Waals surface area contributed by atoms with Crippen molar-refractivity contribution >= 4 is 29.5 Å². The van der Waals surface area contributed by atoms with E-state index in [9.17, 15) is 19.8 Å². The Bertz CT molecular complexity index is 1710. The number of aromatic nitrogens is 1. The molecule has 2 aliphatic carbocycles. The molecule has 1 aromatic heterocycles. The van der Waals surface area contributed by atoms with E-state index in [0.717, 1.165) is 17.7 Å². The van der Waals surface area contributed by atoms with Gasteiger partial charge in [0.05, 0.1) is 50.2 Å². The van der Waals surface area contributed by atoms with Crippen LogP contribution in [0.1, 0.15) is 52.0 Å². The van der Waals surface area contributed by atoms with Crippen molar-refractivity contribution in [2.75, 3.05) is 63.8 Å². The number of ether oxygens (including phenoxy) is 3. The molecule has 12 heteroatoms. The number of amides is 1. The summed E-state index contributed by atoms with van der Waals surface area (Å²) in [6.07, 6.45) is 7.13. The minimum atomic E-state index is -0.771. The van der Waals surface area contributed by atoms with Crippen LogP contribution >= 0.6 is 0 Å². The van der Waals surface area contributed by atoms with Gasteiger partial charge in [0.15, 0.2) is 0 Å². The zero-order chi connectivity index (χ0) is 37.5. The number of carbonyl (C=O) groups excluding carboxylic acids is 2. The number of carbonyl (C=O) groups is 2. The number of morpholine rings is 1. The van der Waals surface area contributed by atoms with Gasteiger partial charge in [-0.1, -0.05) is 32.0 Å². The molecular formula is C41H55N5O7. The Morgan fingerprint density at radius 1 is 1.15 bits per heavy atom. The maximum Gasteiger partial charge on any atom is 0.341 e. The number of aliphatic hydroxyl groups is 2. The van der Waals surface area contributed by atoms with E-state index in [2.05, 4.69) is 22.5 Å². The molecule has 4 heterocycles. The summed E-state index contributed by atoms with van der Waals surface area (Å²) in [5, 5.41) is 29.6. The summed E-state index contributed by atoms with van der Waals surface area (Å²) in [5.74, 6) is 0.460. The number of hydrogen-bond acceptors (Lipinski definition) is 11. The molecule has 2 saturated carbocycles. The Morgan fingerprint density at radius 2 is 1.89 bits per heavy atom. The van der Waals surface area contributed by atoms with Gasteiger partial charge < -0.3 is 44.9 Å². The van der Waals surface area contributed by atoms with E-state index >= 15 is 0 Å². The molecule has 1 amide bonds. The van der Waals surface area contributed by atoms with Gasteiger partial charge in [-0.25, -0.2) is 9.78 Å². The van der Waals surface area contributed by atoms with E-state index in [1.54, 1.807) is 6.20 Å². The van der Waals surface area contributed by atoms with Crippen LogP contribution in [0.4, 0.5) is 11.5 Å². The van der Waals surface area contributed by atoms with Crippen LogP contribution in [0, 0.1) is 22.7 Å². The third kappa shape index (κ3) is 7.12. The van der Waals surface area contributed by atoms with Crippen molar-refractivity contribution < 1.29 is 34.0 Å². The number of fused-ring (bicyclic) bond motifs is 1. The molecular weight excluding hydrogens is 674 g/mol. The zero-order valence-corrected chi connectivity index (χ0v) is 31.6. The van der Waals surface area contributed by atoms with Crippen molar-refractivity contribution in [1.29, 1.82) is 0 Å². The number of benzene rings is 1. The van der Waals surface area contributed by atoms with Gasteiger partial charge in [0.1, 0.15) is 17.2 Å². The summed E-state index contributed by atoms with van der Waals surface area (Å²) in [6, 6.07) is 12.5. The highest BCUT2D eigenvalue weighted by atomic mass is 16.6. The van der Waals surface area contributed by atoms with Crippen LogP contribution in [0.3, 0.4) is 0 Å². The van der Waals surface area contributed by atoms with Crippen LogP contribution in [0.25, 0.3) is 6.08 Å². The summed E-state index contributed by atoms with van der Waals surface area (Å²) >= 11 is 0. The van der Waals surface area contributed by atoms with Gasteiger partial charge in [-0.3, -0.25) is 4.79 Å². The van der Waals surface area contributed by atoms with Crippen LogP contribution in [0.15, 0.2) is 66.1 Å². The quantitative estimate of drug-likeness (QED) is 0.199. The molecule has 7 rings (SSSR count). The maximum absolute atomic E-state index is 13.8. The smallest absolute Gasteiger partial charge is 0.341 e. The Labute approximate surface area is 312 Å². The van der Waals surface area contributed by atoms with Gasteiger partial charge >= 0.3 is 5.97 Å². The SMILES string of the molecule is CC(NC1CC2[C@](C)(CC[C@@H](O)[C@@]2(C)CO)C(CC(Nc2ccccn2)C2=C/C(=C\c3ccc(N(C)C)cc3)OC2=O)C12CO2)C(=O)N1CCOCC1. The molecule has 3 aliphatic heterocycles. The highest BCUT2D eigenvalue weighted by Crippen LogP contribution is 2.66. The molecule has 2 aromatic rings. The second-order valence-corrected chi connectivity index (χ2v) is 16.4. The fourth-order valence-electron chi connectivity index (χ4n) is 9.82. The Hall–Kier alpha value is -3.81. The summed E-state index contributed by atoms with van der Waals surface area (Å²) in [4.78, 5) is 35.9. The standard InChI is InChI=1S/C41H55N5O7/c1-26(37(49)46-16-18-51-19-17-46)43-34-23-32-39(2,14-13-35(48)40(32,3)24-47)33(41(34)25-52-41)22-31(44-36-8-6-7-15-42-36)30-21-29(53-38(30)50)20-27-9-11-28(12-10-27)45(4)5/h6-12,15,20-21,26,31-35,43,47-48H,13-14,16-19,22-25H2,1-5H3,(H,42,44)/b29-20+/t26?,31?,32?,33?,34?,35-,39+,40+,41?/m1/s1. The van der Waals surface area contributed by atoms with E-state index in [1.165, 1.54) is 0 Å². The molecule has 5 aliphatic rings. The first-order chi connectivity index (χ1) is 25.4. The predicted octanol–water partition coefficient (Wildman–Crippen LogP) is 3.61. The number of epoxide rings is 1.